The van der Waals surface area contributed by atoms with Gasteiger partial charge in [-0.1, -0.05) is 0 Å². The zero-order chi connectivity index (χ0) is 26.0. The molecule has 4 atom stereocenters. The molecule has 1 aromatic carbocycles. The van der Waals surface area contributed by atoms with Gasteiger partial charge in [0.2, 0.25) is 0 Å². The number of ether oxygens (including phenoxy) is 1. The van der Waals surface area contributed by atoms with Gasteiger partial charge in [-0.25, -0.2) is 8.91 Å². The molecule has 37 heavy (non-hydrogen) atoms. The summed E-state index contributed by atoms with van der Waals surface area (Å²) in [6.45, 7) is 5.33. The zero-order valence-electron chi connectivity index (χ0n) is 20.7. The van der Waals surface area contributed by atoms with Gasteiger partial charge in [-0.15, -0.1) is 0 Å². The number of aryl methyl sites for hydroxylation is 2. The van der Waals surface area contributed by atoms with Crippen LogP contribution >= 0.6 is 0 Å². The number of benzene rings is 1. The van der Waals surface area contributed by atoms with Crippen LogP contribution in [0.1, 0.15) is 51.8 Å². The molecule has 2 fully saturated rings. The molecule has 1 saturated heterocycles. The molecule has 1 aliphatic carbocycles. The largest absolute Gasteiger partial charge is 0.460 e. The lowest BCUT2D eigenvalue weighted by Crippen LogP contribution is -2.58. The van der Waals surface area contributed by atoms with Crippen LogP contribution in [0, 0.1) is 13.8 Å². The monoisotopic (exact) mass is 506 g/mol. The number of aliphatic hydroxyl groups is 1. The second-order valence-corrected chi connectivity index (χ2v) is 9.89. The number of furan rings is 1. The minimum atomic E-state index is -1.00. The Morgan fingerprint density at radius 1 is 1.24 bits per heavy atom. The van der Waals surface area contributed by atoms with Crippen molar-refractivity contribution in [3.8, 4) is 11.5 Å². The smallest absolute Gasteiger partial charge is 0.256 e. The van der Waals surface area contributed by atoms with E-state index in [0.717, 1.165) is 6.42 Å². The van der Waals surface area contributed by atoms with Gasteiger partial charge in [-0.05, 0) is 51.3 Å². The summed E-state index contributed by atoms with van der Waals surface area (Å²) < 4.78 is 27.3. The van der Waals surface area contributed by atoms with Crippen molar-refractivity contribution >= 4 is 28.3 Å². The third kappa shape index (κ3) is 3.74. The van der Waals surface area contributed by atoms with E-state index in [1.54, 1.807) is 55.0 Å². The number of halogens is 1. The summed E-state index contributed by atoms with van der Waals surface area (Å²) >= 11 is 0. The van der Waals surface area contributed by atoms with E-state index in [-0.39, 0.29) is 24.4 Å². The Kier molecular flexibility index (Phi) is 5.45. The van der Waals surface area contributed by atoms with E-state index in [2.05, 4.69) is 10.4 Å². The number of nitrogens with one attached hydrogen (secondary N) is 1. The molecule has 10 heteroatoms. The molecule has 4 heterocycles. The lowest BCUT2D eigenvalue weighted by Gasteiger charge is -2.41. The number of nitrogens with zero attached hydrogens (tertiary/aromatic N) is 3. The van der Waals surface area contributed by atoms with Crippen molar-refractivity contribution in [1.82, 2.24) is 19.8 Å². The second kappa shape index (κ2) is 8.58. The predicted octanol–water partition coefficient (Wildman–Crippen LogP) is 3.93. The van der Waals surface area contributed by atoms with E-state index >= 15 is 0 Å². The highest BCUT2D eigenvalue weighted by Gasteiger charge is 2.40. The highest BCUT2D eigenvalue weighted by molar-refractivity contribution is 6.07. The van der Waals surface area contributed by atoms with Gasteiger partial charge in [0.25, 0.3) is 11.8 Å². The first kappa shape index (κ1) is 23.5. The highest BCUT2D eigenvalue weighted by Crippen LogP contribution is 2.35. The number of fused-ring (bicyclic) bond motifs is 2. The number of hydrogen-bond acceptors (Lipinski definition) is 6. The Hall–Kier alpha value is -3.92. The van der Waals surface area contributed by atoms with Crippen molar-refractivity contribution in [2.75, 3.05) is 6.54 Å². The van der Waals surface area contributed by atoms with Crippen LogP contribution in [0.25, 0.3) is 16.5 Å². The van der Waals surface area contributed by atoms with Crippen LogP contribution < -0.4 is 10.1 Å². The molecule has 2 aliphatic rings. The van der Waals surface area contributed by atoms with Crippen molar-refractivity contribution < 1.29 is 28.2 Å². The van der Waals surface area contributed by atoms with Gasteiger partial charge in [-0.3, -0.25) is 9.59 Å². The fraction of sp³-hybridized carbons (Fsp3) is 0.370. The summed E-state index contributed by atoms with van der Waals surface area (Å²) in [7, 11) is 0. The number of aromatic nitrogens is 2. The molecule has 1 saturated carbocycles. The van der Waals surface area contributed by atoms with Crippen LogP contribution in [0.2, 0.25) is 0 Å². The first-order chi connectivity index (χ1) is 17.7. The normalized spacial score (nSPS) is 23.1. The van der Waals surface area contributed by atoms with Gasteiger partial charge in [0, 0.05) is 23.7 Å². The maximum Gasteiger partial charge on any atom is 0.256 e. The third-order valence-electron chi connectivity index (χ3n) is 7.61. The Morgan fingerprint density at radius 3 is 2.73 bits per heavy atom. The molecule has 2 N–H and O–H groups in total. The van der Waals surface area contributed by atoms with Crippen LogP contribution in [-0.4, -0.2) is 62.3 Å². The van der Waals surface area contributed by atoms with Crippen molar-refractivity contribution in [1.29, 1.82) is 0 Å². The molecule has 0 radical (unpaired) electrons. The van der Waals surface area contributed by atoms with Crippen molar-refractivity contribution in [2.45, 2.75) is 58.0 Å². The van der Waals surface area contributed by atoms with E-state index in [4.69, 9.17) is 9.15 Å². The first-order valence-electron chi connectivity index (χ1n) is 12.3. The Balaban J connectivity index is 1.29. The number of alkyl halides is 1. The number of amides is 2. The molecule has 6 rings (SSSR count). The molecule has 2 amide bonds. The van der Waals surface area contributed by atoms with Crippen LogP contribution in [0.4, 0.5) is 4.39 Å². The maximum atomic E-state index is 13.6. The van der Waals surface area contributed by atoms with Crippen molar-refractivity contribution in [3.05, 3.63) is 59.1 Å². The number of hydrogen-bond donors (Lipinski definition) is 2. The van der Waals surface area contributed by atoms with Crippen molar-refractivity contribution in [2.24, 2.45) is 0 Å². The van der Waals surface area contributed by atoms with E-state index in [1.807, 2.05) is 6.92 Å². The fourth-order valence-electron chi connectivity index (χ4n) is 5.07. The fourth-order valence-corrected chi connectivity index (χ4v) is 5.07. The highest BCUT2D eigenvalue weighted by atomic mass is 19.1. The Labute approximate surface area is 211 Å². The summed E-state index contributed by atoms with van der Waals surface area (Å²) in [5, 5.41) is 17.7. The maximum absolute atomic E-state index is 13.6. The minimum absolute atomic E-state index is 0.0895. The lowest BCUT2D eigenvalue weighted by atomic mass is 9.89. The topological polar surface area (TPSA) is 109 Å². The summed E-state index contributed by atoms with van der Waals surface area (Å²) in [4.78, 5) is 27.4. The van der Waals surface area contributed by atoms with Gasteiger partial charge < -0.3 is 24.5 Å². The second-order valence-electron chi connectivity index (χ2n) is 9.89. The molecule has 0 unspecified atom stereocenters. The van der Waals surface area contributed by atoms with Gasteiger partial charge >= 0.3 is 0 Å². The number of likely N-dealkylation sites (tertiary alicyclic amines) is 1. The van der Waals surface area contributed by atoms with E-state index in [1.165, 1.54) is 4.90 Å². The standard InChI is InChI=1S/C27H27FN4O5/c1-13-18(27(35)31-12-19(28)14(31)2)11-32-25(13)22(8-9-29-32)37-16-4-5-17-23(10-16)36-15(3)24(17)26(34)30-20-6-7-21(20)33/h4-5,8-11,14,19-21,33H,6-7,12H2,1-3H3,(H,30,34)/t14-,19+,20+,21+/m1/s1. The van der Waals surface area contributed by atoms with Crippen LogP contribution in [0.5, 0.6) is 11.5 Å². The molecular formula is C27H27FN4O5. The summed E-state index contributed by atoms with van der Waals surface area (Å²) in [5.74, 6) is 0.947. The van der Waals surface area contributed by atoms with Crippen LogP contribution in [-0.2, 0) is 0 Å². The Bertz CT molecular complexity index is 1560. The molecule has 3 aromatic heterocycles. The minimum Gasteiger partial charge on any atom is -0.460 e. The molecule has 1 aliphatic heterocycles. The average Bonchev–Trinajstić information content (AvgIpc) is 3.40. The lowest BCUT2D eigenvalue weighted by molar-refractivity contribution is 0.00637. The third-order valence-corrected chi connectivity index (χ3v) is 7.61. The number of rotatable bonds is 5. The van der Waals surface area contributed by atoms with Crippen molar-refractivity contribution in [3.63, 3.8) is 0 Å². The number of carbonyl (C=O) groups is 2. The molecule has 0 spiro atoms. The van der Waals surface area contributed by atoms with E-state index in [0.29, 0.717) is 56.9 Å². The summed E-state index contributed by atoms with van der Waals surface area (Å²) in [5.41, 5.74) is 2.70. The van der Waals surface area contributed by atoms with Gasteiger partial charge in [0.15, 0.2) is 5.75 Å². The molecule has 192 valence electrons. The SMILES string of the molecule is Cc1oc2cc(Oc3ccnn4cc(C(=O)N5C[C@H](F)[C@H]5C)c(C)c34)ccc2c1C(=O)N[C@H]1CC[C@@H]1O. The van der Waals surface area contributed by atoms with E-state index < -0.39 is 18.3 Å². The summed E-state index contributed by atoms with van der Waals surface area (Å²) in [6.07, 6.45) is 3.14. The van der Waals surface area contributed by atoms with Crippen LogP contribution in [0.15, 0.2) is 41.1 Å². The molecule has 9 nitrogen and oxygen atoms in total. The van der Waals surface area contributed by atoms with E-state index in [9.17, 15) is 19.1 Å². The molecule has 0 bridgehead atoms. The predicted molar refractivity (Wildman–Crippen MR) is 133 cm³/mol. The first-order valence-corrected chi connectivity index (χ1v) is 12.3. The number of aliphatic hydroxyl groups excluding tert-OH is 1. The molecular weight excluding hydrogens is 479 g/mol. The number of carbonyl (C=O) groups excluding carboxylic acids is 2. The zero-order valence-corrected chi connectivity index (χ0v) is 20.7. The quantitative estimate of drug-likeness (QED) is 0.425. The van der Waals surface area contributed by atoms with Crippen LogP contribution in [0.3, 0.4) is 0 Å². The van der Waals surface area contributed by atoms with Gasteiger partial charge in [0.05, 0.1) is 42.1 Å². The molecule has 4 aromatic rings. The average molecular weight is 507 g/mol. The summed E-state index contributed by atoms with van der Waals surface area (Å²) in [6, 6.07) is 6.25. The Morgan fingerprint density at radius 2 is 2.05 bits per heavy atom. The van der Waals surface area contributed by atoms with Gasteiger partial charge in [-0.2, -0.15) is 5.10 Å². The van der Waals surface area contributed by atoms with Gasteiger partial charge in [0.1, 0.15) is 28.8 Å².